The monoisotopic (exact) mass is 260 g/mol. The Balaban J connectivity index is 2.20. The predicted octanol–water partition coefficient (Wildman–Crippen LogP) is 3.76. The quantitative estimate of drug-likeness (QED) is 0.838. The van der Waals surface area contributed by atoms with E-state index in [-0.39, 0.29) is 0 Å². The van der Waals surface area contributed by atoms with Gasteiger partial charge < -0.3 is 10.6 Å². The lowest BCUT2D eigenvalue weighted by atomic mass is 9.79. The van der Waals surface area contributed by atoms with E-state index in [0.717, 1.165) is 0 Å². The van der Waals surface area contributed by atoms with Gasteiger partial charge in [-0.15, -0.1) is 0 Å². The summed E-state index contributed by atoms with van der Waals surface area (Å²) in [5.74, 6) is 1.30. The molecule has 106 valence electrons. The van der Waals surface area contributed by atoms with Crippen molar-refractivity contribution in [3.63, 3.8) is 0 Å². The fourth-order valence-corrected chi connectivity index (χ4v) is 3.40. The van der Waals surface area contributed by atoms with Gasteiger partial charge in [0.2, 0.25) is 0 Å². The molecule has 0 aliphatic heterocycles. The van der Waals surface area contributed by atoms with Crippen LogP contribution in [0.25, 0.3) is 0 Å². The Labute approximate surface area is 118 Å². The first-order chi connectivity index (χ1) is 9.09. The van der Waals surface area contributed by atoms with Gasteiger partial charge in [-0.25, -0.2) is 0 Å². The van der Waals surface area contributed by atoms with Crippen LogP contribution in [0.1, 0.15) is 50.5 Å². The summed E-state index contributed by atoms with van der Waals surface area (Å²) in [6.45, 7) is 2.18. The second-order valence-corrected chi connectivity index (χ2v) is 6.25. The van der Waals surface area contributed by atoms with E-state index in [1.54, 1.807) is 0 Å². The molecule has 0 amide bonds. The highest BCUT2D eigenvalue weighted by molar-refractivity contribution is 5.46. The molecule has 1 aliphatic carbocycles. The van der Waals surface area contributed by atoms with E-state index in [2.05, 4.69) is 50.2 Å². The van der Waals surface area contributed by atoms with E-state index >= 15 is 0 Å². The van der Waals surface area contributed by atoms with Crippen molar-refractivity contribution < 1.29 is 0 Å². The van der Waals surface area contributed by atoms with Crippen LogP contribution >= 0.6 is 0 Å². The Morgan fingerprint density at radius 1 is 1.05 bits per heavy atom. The Bertz CT molecular complexity index is 381. The molecular formula is C17H28N2. The highest BCUT2D eigenvalue weighted by atomic mass is 15.1. The summed E-state index contributed by atoms with van der Waals surface area (Å²) in [5, 5.41) is 0. The molecule has 1 saturated carbocycles. The van der Waals surface area contributed by atoms with E-state index < -0.39 is 0 Å². The molecule has 2 rings (SSSR count). The summed E-state index contributed by atoms with van der Waals surface area (Å²) in [6, 6.07) is 9.38. The average Bonchev–Trinajstić information content (AvgIpc) is 2.64. The molecule has 0 bridgehead atoms. The molecule has 19 heavy (non-hydrogen) atoms. The van der Waals surface area contributed by atoms with Crippen LogP contribution in [0.5, 0.6) is 0 Å². The number of nitrogens with two attached hydrogens (primary N) is 1. The van der Waals surface area contributed by atoms with E-state index in [1.165, 1.54) is 43.4 Å². The van der Waals surface area contributed by atoms with Gasteiger partial charge in [0.05, 0.1) is 0 Å². The first kappa shape index (κ1) is 14.4. The summed E-state index contributed by atoms with van der Waals surface area (Å²) in [6.07, 6.45) is 6.66. The highest BCUT2D eigenvalue weighted by Gasteiger charge is 2.27. The molecule has 0 heterocycles. The van der Waals surface area contributed by atoms with Gasteiger partial charge in [0.1, 0.15) is 0 Å². The van der Waals surface area contributed by atoms with E-state index in [0.29, 0.717) is 17.9 Å². The van der Waals surface area contributed by atoms with Crippen LogP contribution in [0, 0.1) is 5.92 Å². The molecule has 0 saturated heterocycles. The Morgan fingerprint density at radius 2 is 1.68 bits per heavy atom. The molecule has 0 aromatic heterocycles. The second-order valence-electron chi connectivity index (χ2n) is 6.25. The average molecular weight is 260 g/mol. The van der Waals surface area contributed by atoms with Gasteiger partial charge >= 0.3 is 0 Å². The fourth-order valence-electron chi connectivity index (χ4n) is 3.40. The van der Waals surface area contributed by atoms with E-state index in [4.69, 9.17) is 5.73 Å². The minimum absolute atomic E-state index is 0.302. The summed E-state index contributed by atoms with van der Waals surface area (Å²) >= 11 is 0. The number of nitrogens with zero attached hydrogens (tertiary/aromatic N) is 1. The molecule has 1 aromatic carbocycles. The number of hydrogen-bond donors (Lipinski definition) is 1. The van der Waals surface area contributed by atoms with Gasteiger partial charge in [0, 0.05) is 25.8 Å². The third-order valence-electron chi connectivity index (χ3n) is 4.58. The highest BCUT2D eigenvalue weighted by Crippen LogP contribution is 2.38. The van der Waals surface area contributed by atoms with E-state index in [9.17, 15) is 0 Å². The molecule has 2 nitrogen and oxygen atoms in total. The largest absolute Gasteiger partial charge is 0.378 e. The zero-order valence-corrected chi connectivity index (χ0v) is 12.6. The predicted molar refractivity (Wildman–Crippen MR) is 83.7 cm³/mol. The number of anilines is 1. The lowest BCUT2D eigenvalue weighted by Gasteiger charge is -2.29. The Hall–Kier alpha value is -1.02. The molecule has 2 heteroatoms. The third-order valence-corrected chi connectivity index (χ3v) is 4.58. The van der Waals surface area contributed by atoms with Crippen molar-refractivity contribution in [1.82, 2.24) is 0 Å². The molecule has 1 fully saturated rings. The molecule has 3 unspecified atom stereocenters. The fraction of sp³-hybridized carbons (Fsp3) is 0.647. The first-order valence-corrected chi connectivity index (χ1v) is 7.62. The van der Waals surface area contributed by atoms with Crippen molar-refractivity contribution in [2.24, 2.45) is 11.7 Å². The molecule has 3 atom stereocenters. The molecule has 1 aliphatic rings. The smallest absolute Gasteiger partial charge is 0.0361 e. The summed E-state index contributed by atoms with van der Waals surface area (Å²) in [5.41, 5.74) is 8.99. The lowest BCUT2D eigenvalue weighted by Crippen LogP contribution is -2.31. The van der Waals surface area contributed by atoms with Gasteiger partial charge in [-0.3, -0.25) is 0 Å². The van der Waals surface area contributed by atoms with Crippen molar-refractivity contribution >= 4 is 5.69 Å². The van der Waals surface area contributed by atoms with Crippen molar-refractivity contribution in [2.45, 2.75) is 51.0 Å². The van der Waals surface area contributed by atoms with Crippen LogP contribution in [-0.2, 0) is 0 Å². The van der Waals surface area contributed by atoms with Crippen LogP contribution in [0.4, 0.5) is 5.69 Å². The standard InChI is InChI=1S/C17H28N2/c1-13(18)16-7-5-4-6-8-17(16)14-9-11-15(12-10-14)19(2)3/h9-13,16-17H,4-8,18H2,1-3H3. The maximum Gasteiger partial charge on any atom is 0.0361 e. The van der Waals surface area contributed by atoms with Crippen LogP contribution in [-0.4, -0.2) is 20.1 Å². The molecular weight excluding hydrogens is 232 g/mol. The number of benzene rings is 1. The van der Waals surface area contributed by atoms with Gasteiger partial charge in [-0.05, 0) is 49.3 Å². The summed E-state index contributed by atoms with van der Waals surface area (Å²) in [7, 11) is 4.18. The maximum absolute atomic E-state index is 6.23. The summed E-state index contributed by atoms with van der Waals surface area (Å²) < 4.78 is 0. The third kappa shape index (κ3) is 3.50. The van der Waals surface area contributed by atoms with Crippen LogP contribution < -0.4 is 10.6 Å². The SMILES string of the molecule is CC(N)C1CCCCCC1c1ccc(N(C)C)cc1. The summed E-state index contributed by atoms with van der Waals surface area (Å²) in [4.78, 5) is 2.15. The van der Waals surface area contributed by atoms with Crippen molar-refractivity contribution in [3.05, 3.63) is 29.8 Å². The Kier molecular flexibility index (Phi) is 4.87. The number of rotatable bonds is 3. The van der Waals surface area contributed by atoms with Gasteiger partial charge in [0.15, 0.2) is 0 Å². The van der Waals surface area contributed by atoms with Gasteiger partial charge in [-0.1, -0.05) is 31.4 Å². The van der Waals surface area contributed by atoms with E-state index in [1.807, 2.05) is 0 Å². The van der Waals surface area contributed by atoms with Crippen LogP contribution in [0.15, 0.2) is 24.3 Å². The molecule has 2 N–H and O–H groups in total. The molecule has 1 aromatic rings. The first-order valence-electron chi connectivity index (χ1n) is 7.62. The van der Waals surface area contributed by atoms with Gasteiger partial charge in [-0.2, -0.15) is 0 Å². The minimum Gasteiger partial charge on any atom is -0.378 e. The molecule has 0 radical (unpaired) electrons. The van der Waals surface area contributed by atoms with Crippen molar-refractivity contribution in [3.8, 4) is 0 Å². The topological polar surface area (TPSA) is 29.3 Å². The molecule has 0 spiro atoms. The normalized spacial score (nSPS) is 25.7. The maximum atomic E-state index is 6.23. The van der Waals surface area contributed by atoms with Crippen molar-refractivity contribution in [2.75, 3.05) is 19.0 Å². The zero-order valence-electron chi connectivity index (χ0n) is 12.6. The second kappa shape index (κ2) is 6.42. The van der Waals surface area contributed by atoms with Crippen molar-refractivity contribution in [1.29, 1.82) is 0 Å². The van der Waals surface area contributed by atoms with Crippen LogP contribution in [0.3, 0.4) is 0 Å². The zero-order chi connectivity index (χ0) is 13.8. The number of hydrogen-bond acceptors (Lipinski definition) is 2. The Morgan fingerprint density at radius 3 is 2.26 bits per heavy atom. The van der Waals surface area contributed by atoms with Crippen LogP contribution in [0.2, 0.25) is 0 Å². The minimum atomic E-state index is 0.302. The van der Waals surface area contributed by atoms with Gasteiger partial charge in [0.25, 0.3) is 0 Å². The lowest BCUT2D eigenvalue weighted by molar-refractivity contribution is 0.345.